The van der Waals surface area contributed by atoms with Gasteiger partial charge in [0.25, 0.3) is 11.8 Å². The summed E-state index contributed by atoms with van der Waals surface area (Å²) in [5.74, 6) is -1.79. The Morgan fingerprint density at radius 3 is 2.14 bits per heavy atom. The van der Waals surface area contributed by atoms with Crippen LogP contribution in [-0.2, 0) is 0 Å². The Labute approximate surface area is 122 Å². The molecule has 0 aliphatic rings. The Hall–Kier alpha value is -2.69. The van der Waals surface area contributed by atoms with E-state index in [-0.39, 0.29) is 5.56 Å². The van der Waals surface area contributed by atoms with E-state index >= 15 is 0 Å². The number of carbonyl (C=O) groups is 2. The van der Waals surface area contributed by atoms with Gasteiger partial charge in [-0.1, -0.05) is 29.8 Å². The zero-order chi connectivity index (χ0) is 15.4. The maximum absolute atomic E-state index is 13.4. The van der Waals surface area contributed by atoms with Gasteiger partial charge in [0.2, 0.25) is 0 Å². The molecule has 0 unspecified atom stereocenters. The molecular weight excluding hydrogens is 271 g/mol. The largest absolute Gasteiger partial charge is 0.272 e. The summed E-state index contributed by atoms with van der Waals surface area (Å²) < 4.78 is 13.4. The van der Waals surface area contributed by atoms with Crippen molar-refractivity contribution in [3.63, 3.8) is 0 Å². The molecular formula is C16H15FN2O2. The molecule has 2 aromatic rings. The number of halogens is 1. The van der Waals surface area contributed by atoms with E-state index in [2.05, 4.69) is 10.9 Å². The van der Waals surface area contributed by atoms with Gasteiger partial charge in [-0.15, -0.1) is 0 Å². The van der Waals surface area contributed by atoms with Crippen molar-refractivity contribution in [2.45, 2.75) is 13.8 Å². The van der Waals surface area contributed by atoms with E-state index in [4.69, 9.17) is 0 Å². The zero-order valence-corrected chi connectivity index (χ0v) is 11.7. The van der Waals surface area contributed by atoms with Crippen LogP contribution in [0.15, 0.2) is 42.5 Å². The quantitative estimate of drug-likeness (QED) is 0.833. The lowest BCUT2D eigenvalue weighted by Gasteiger charge is -2.10. The fourth-order valence-corrected chi connectivity index (χ4v) is 1.96. The lowest BCUT2D eigenvalue weighted by atomic mass is 10.1. The second-order valence-electron chi connectivity index (χ2n) is 4.71. The van der Waals surface area contributed by atoms with E-state index in [0.29, 0.717) is 5.56 Å². The third-order valence-electron chi connectivity index (χ3n) is 3.03. The number of aryl methyl sites for hydroxylation is 2. The highest BCUT2D eigenvalue weighted by molar-refractivity contribution is 5.99. The average molecular weight is 286 g/mol. The van der Waals surface area contributed by atoms with E-state index in [9.17, 15) is 14.0 Å². The van der Waals surface area contributed by atoms with Gasteiger partial charge in [-0.2, -0.15) is 0 Å². The first-order valence-corrected chi connectivity index (χ1v) is 6.41. The number of hydrazine groups is 1. The lowest BCUT2D eigenvalue weighted by Crippen LogP contribution is -2.42. The normalized spacial score (nSPS) is 10.0. The minimum Gasteiger partial charge on any atom is -0.267 e. The number of hydrogen-bond donors (Lipinski definition) is 2. The number of nitrogens with one attached hydrogen (secondary N) is 2. The minimum absolute atomic E-state index is 0.126. The molecule has 0 aliphatic carbocycles. The first-order chi connectivity index (χ1) is 9.99. The molecule has 0 bridgehead atoms. The molecule has 2 amide bonds. The maximum Gasteiger partial charge on any atom is 0.272 e. The number of hydrogen-bond acceptors (Lipinski definition) is 2. The molecule has 2 aromatic carbocycles. The summed E-state index contributed by atoms with van der Waals surface area (Å²) in [7, 11) is 0. The maximum atomic E-state index is 13.4. The Bertz CT molecular complexity index is 698. The van der Waals surface area contributed by atoms with Crippen LogP contribution in [0.25, 0.3) is 0 Å². The summed E-state index contributed by atoms with van der Waals surface area (Å²) in [5.41, 5.74) is 6.65. The Morgan fingerprint density at radius 2 is 1.52 bits per heavy atom. The third kappa shape index (κ3) is 3.45. The van der Waals surface area contributed by atoms with Crippen molar-refractivity contribution in [1.82, 2.24) is 10.9 Å². The summed E-state index contributed by atoms with van der Waals surface area (Å²) in [6.45, 7) is 3.73. The van der Waals surface area contributed by atoms with Crippen molar-refractivity contribution in [3.05, 3.63) is 70.5 Å². The molecule has 0 saturated heterocycles. The van der Waals surface area contributed by atoms with Gasteiger partial charge in [-0.05, 0) is 37.6 Å². The van der Waals surface area contributed by atoms with Gasteiger partial charge in [0.1, 0.15) is 5.82 Å². The first-order valence-electron chi connectivity index (χ1n) is 6.41. The van der Waals surface area contributed by atoms with E-state index < -0.39 is 17.6 Å². The van der Waals surface area contributed by atoms with Crippen molar-refractivity contribution in [3.8, 4) is 0 Å². The van der Waals surface area contributed by atoms with Crippen LogP contribution >= 0.6 is 0 Å². The number of rotatable bonds is 2. The minimum atomic E-state index is -0.703. The second-order valence-corrected chi connectivity index (χ2v) is 4.71. The molecule has 0 aromatic heterocycles. The van der Waals surface area contributed by atoms with Crippen LogP contribution < -0.4 is 10.9 Å². The highest BCUT2D eigenvalue weighted by Crippen LogP contribution is 2.10. The van der Waals surface area contributed by atoms with Crippen molar-refractivity contribution >= 4 is 11.8 Å². The standard InChI is InChI=1S/C16H15FN2O2/c1-10-7-8-12(11(2)9-10)15(20)18-19-16(21)13-5-3-4-6-14(13)17/h3-9H,1-2H3,(H,18,20)(H,19,21). The van der Waals surface area contributed by atoms with Gasteiger partial charge in [0, 0.05) is 5.56 Å². The van der Waals surface area contributed by atoms with Crippen molar-refractivity contribution in [2.75, 3.05) is 0 Å². The highest BCUT2D eigenvalue weighted by atomic mass is 19.1. The molecule has 0 atom stereocenters. The van der Waals surface area contributed by atoms with Gasteiger partial charge < -0.3 is 0 Å². The third-order valence-corrected chi connectivity index (χ3v) is 3.03. The molecule has 0 aliphatic heterocycles. The van der Waals surface area contributed by atoms with Crippen molar-refractivity contribution in [2.24, 2.45) is 0 Å². The molecule has 0 radical (unpaired) electrons. The van der Waals surface area contributed by atoms with Crippen LogP contribution in [0.1, 0.15) is 31.8 Å². The Kier molecular flexibility index (Phi) is 4.33. The van der Waals surface area contributed by atoms with Crippen LogP contribution in [0, 0.1) is 19.7 Å². The summed E-state index contributed by atoms with van der Waals surface area (Å²) in [6.07, 6.45) is 0. The van der Waals surface area contributed by atoms with Crippen LogP contribution in [0.4, 0.5) is 4.39 Å². The van der Waals surface area contributed by atoms with E-state index in [1.54, 1.807) is 25.1 Å². The summed E-state index contributed by atoms with van der Waals surface area (Å²) in [6, 6.07) is 10.9. The molecule has 0 heterocycles. The summed E-state index contributed by atoms with van der Waals surface area (Å²) >= 11 is 0. The van der Waals surface area contributed by atoms with E-state index in [0.717, 1.165) is 11.1 Å². The molecule has 0 spiro atoms. The van der Waals surface area contributed by atoms with Crippen LogP contribution in [0.3, 0.4) is 0 Å². The zero-order valence-electron chi connectivity index (χ0n) is 11.7. The molecule has 108 valence electrons. The van der Waals surface area contributed by atoms with Gasteiger partial charge >= 0.3 is 0 Å². The van der Waals surface area contributed by atoms with E-state index in [1.165, 1.54) is 18.2 Å². The van der Waals surface area contributed by atoms with Crippen molar-refractivity contribution in [1.29, 1.82) is 0 Å². The first kappa shape index (κ1) is 14.7. The van der Waals surface area contributed by atoms with Gasteiger partial charge in [-0.3, -0.25) is 20.4 Å². The topological polar surface area (TPSA) is 58.2 Å². The predicted octanol–water partition coefficient (Wildman–Crippen LogP) is 2.52. The molecule has 4 nitrogen and oxygen atoms in total. The molecule has 0 fully saturated rings. The van der Waals surface area contributed by atoms with E-state index in [1.807, 2.05) is 13.0 Å². The van der Waals surface area contributed by atoms with Crippen LogP contribution in [0.2, 0.25) is 0 Å². The lowest BCUT2D eigenvalue weighted by molar-refractivity contribution is 0.0844. The molecule has 2 rings (SSSR count). The Morgan fingerprint density at radius 1 is 0.905 bits per heavy atom. The second kappa shape index (κ2) is 6.17. The van der Waals surface area contributed by atoms with Gasteiger partial charge in [-0.25, -0.2) is 4.39 Å². The molecule has 21 heavy (non-hydrogen) atoms. The molecule has 5 heteroatoms. The number of benzene rings is 2. The Balaban J connectivity index is 2.04. The molecule has 0 saturated carbocycles. The number of carbonyl (C=O) groups excluding carboxylic acids is 2. The smallest absolute Gasteiger partial charge is 0.267 e. The predicted molar refractivity (Wildman–Crippen MR) is 77.2 cm³/mol. The summed E-state index contributed by atoms with van der Waals surface area (Å²) in [5, 5.41) is 0. The van der Waals surface area contributed by atoms with Crippen LogP contribution in [0.5, 0.6) is 0 Å². The number of amides is 2. The fourth-order valence-electron chi connectivity index (χ4n) is 1.96. The SMILES string of the molecule is Cc1ccc(C(=O)NNC(=O)c2ccccc2F)c(C)c1. The monoisotopic (exact) mass is 286 g/mol. The van der Waals surface area contributed by atoms with Gasteiger partial charge in [0.15, 0.2) is 0 Å². The summed E-state index contributed by atoms with van der Waals surface area (Å²) in [4.78, 5) is 23.8. The van der Waals surface area contributed by atoms with Crippen molar-refractivity contribution < 1.29 is 14.0 Å². The fraction of sp³-hybridized carbons (Fsp3) is 0.125. The van der Waals surface area contributed by atoms with Gasteiger partial charge in [0.05, 0.1) is 5.56 Å². The molecule has 2 N–H and O–H groups in total. The highest BCUT2D eigenvalue weighted by Gasteiger charge is 2.13. The van der Waals surface area contributed by atoms with Crippen LogP contribution in [-0.4, -0.2) is 11.8 Å². The average Bonchev–Trinajstić information content (AvgIpc) is 2.45.